The molecule has 1 heterocycles. The van der Waals surface area contributed by atoms with Gasteiger partial charge in [-0.25, -0.2) is 4.79 Å². The first-order chi connectivity index (χ1) is 24.6. The van der Waals surface area contributed by atoms with Gasteiger partial charge in [-0.2, -0.15) is 0 Å². The lowest BCUT2D eigenvalue weighted by Crippen LogP contribution is -2.71. The SMILES string of the molecule is COC(=O)CO[C@@H]1C(NC(=O)C(C)C)[C@H](O[C@H]2CCC[C@@H](NC(=O)C(C)C)[C@@H]2O[Si](c2ccccc2)(c2ccccc2)C(C)(C)C)OC(CO)[C@H]1O. The Hall–Kier alpha value is -3.17. The van der Waals surface area contributed by atoms with Crippen molar-refractivity contribution in [1.29, 1.82) is 0 Å². The van der Waals surface area contributed by atoms with Gasteiger partial charge < -0.3 is 44.2 Å². The molecule has 0 radical (unpaired) electrons. The van der Waals surface area contributed by atoms with Crippen molar-refractivity contribution < 1.29 is 48.0 Å². The Morgan fingerprint density at radius 3 is 1.94 bits per heavy atom. The predicted octanol–water partition coefficient (Wildman–Crippen LogP) is 2.42. The van der Waals surface area contributed by atoms with Crippen LogP contribution in [0.25, 0.3) is 0 Å². The molecule has 1 saturated carbocycles. The van der Waals surface area contributed by atoms with Gasteiger partial charge in [-0.05, 0) is 34.7 Å². The number of rotatable bonds is 14. The summed E-state index contributed by atoms with van der Waals surface area (Å²) in [7, 11) is -1.98. The number of carbonyl (C=O) groups excluding carboxylic acids is 3. The smallest absolute Gasteiger partial charge is 0.331 e. The van der Waals surface area contributed by atoms with Gasteiger partial charge in [-0.1, -0.05) is 109 Å². The van der Waals surface area contributed by atoms with Crippen LogP contribution in [0.2, 0.25) is 5.04 Å². The fraction of sp³-hybridized carbons (Fsp3) is 0.615. The number of nitrogens with one attached hydrogen (secondary N) is 2. The first-order valence-corrected chi connectivity index (χ1v) is 20.2. The molecule has 1 saturated heterocycles. The molecule has 2 fully saturated rings. The molecule has 2 aromatic rings. The van der Waals surface area contributed by atoms with E-state index >= 15 is 0 Å². The van der Waals surface area contributed by atoms with E-state index < -0.39 is 87.4 Å². The van der Waals surface area contributed by atoms with Crippen molar-refractivity contribution in [3.63, 3.8) is 0 Å². The Kier molecular flexibility index (Phi) is 14.6. The van der Waals surface area contributed by atoms with E-state index in [9.17, 15) is 24.6 Å². The topological polar surface area (TPSA) is 162 Å². The van der Waals surface area contributed by atoms with Crippen LogP contribution in [-0.2, 0) is 37.8 Å². The Morgan fingerprint density at radius 1 is 0.885 bits per heavy atom. The second kappa shape index (κ2) is 18.2. The third kappa shape index (κ3) is 9.48. The lowest BCUT2D eigenvalue weighted by atomic mass is 9.89. The summed E-state index contributed by atoms with van der Waals surface area (Å²) in [5.41, 5.74) is 0. The van der Waals surface area contributed by atoms with Gasteiger partial charge in [-0.3, -0.25) is 9.59 Å². The number of hydrogen-bond acceptors (Lipinski definition) is 10. The van der Waals surface area contributed by atoms with E-state index in [-0.39, 0.29) is 17.7 Å². The molecule has 0 bridgehead atoms. The van der Waals surface area contributed by atoms with Gasteiger partial charge in [0.1, 0.15) is 31.0 Å². The van der Waals surface area contributed by atoms with Crippen molar-refractivity contribution >= 4 is 36.5 Å². The van der Waals surface area contributed by atoms with Crippen LogP contribution in [0.1, 0.15) is 67.7 Å². The zero-order valence-corrected chi connectivity index (χ0v) is 32.7. The highest BCUT2D eigenvalue weighted by atomic mass is 28.4. The van der Waals surface area contributed by atoms with Crippen LogP contribution in [0.3, 0.4) is 0 Å². The summed E-state index contributed by atoms with van der Waals surface area (Å²) >= 11 is 0. The number of ether oxygens (including phenoxy) is 4. The molecule has 288 valence electrons. The van der Waals surface area contributed by atoms with Crippen molar-refractivity contribution in [3.05, 3.63) is 60.7 Å². The van der Waals surface area contributed by atoms with Gasteiger partial charge in [0.15, 0.2) is 6.29 Å². The minimum atomic E-state index is -3.19. The Morgan fingerprint density at radius 2 is 1.44 bits per heavy atom. The molecular formula is C39H58N2O10Si. The van der Waals surface area contributed by atoms with Crippen LogP contribution >= 0.6 is 0 Å². The molecule has 1 aliphatic carbocycles. The molecule has 2 aromatic carbocycles. The van der Waals surface area contributed by atoms with Gasteiger partial charge >= 0.3 is 5.97 Å². The normalized spacial score (nSPS) is 26.9. The number of amides is 2. The summed E-state index contributed by atoms with van der Waals surface area (Å²) in [6.07, 6.45) is -4.50. The molecule has 4 rings (SSSR count). The number of aliphatic hydroxyl groups excluding tert-OH is 2. The number of aliphatic hydroxyl groups is 2. The van der Waals surface area contributed by atoms with E-state index in [0.717, 1.165) is 10.4 Å². The summed E-state index contributed by atoms with van der Waals surface area (Å²) in [4.78, 5) is 38.7. The van der Waals surface area contributed by atoms with Gasteiger partial charge in [0.05, 0.1) is 32.0 Å². The quantitative estimate of drug-likeness (QED) is 0.167. The average molecular weight is 743 g/mol. The molecular weight excluding hydrogens is 685 g/mol. The van der Waals surface area contributed by atoms with Crippen LogP contribution in [0.15, 0.2) is 60.7 Å². The van der Waals surface area contributed by atoms with Crippen molar-refractivity contribution in [3.8, 4) is 0 Å². The van der Waals surface area contributed by atoms with E-state index in [4.69, 9.17) is 23.4 Å². The maximum Gasteiger partial charge on any atom is 0.331 e. The molecule has 12 nitrogen and oxygen atoms in total. The van der Waals surface area contributed by atoms with Crippen molar-refractivity contribution in [2.45, 2.75) is 122 Å². The van der Waals surface area contributed by atoms with E-state index in [1.807, 2.05) is 50.2 Å². The number of esters is 1. The molecule has 52 heavy (non-hydrogen) atoms. The maximum absolute atomic E-state index is 13.3. The monoisotopic (exact) mass is 742 g/mol. The molecule has 2 amide bonds. The molecule has 2 unspecified atom stereocenters. The summed E-state index contributed by atoms with van der Waals surface area (Å²) in [6, 6.07) is 18.9. The molecule has 1 aliphatic heterocycles. The average Bonchev–Trinajstić information content (AvgIpc) is 3.12. The van der Waals surface area contributed by atoms with Crippen molar-refractivity contribution in [1.82, 2.24) is 10.6 Å². The first kappa shape index (κ1) is 41.6. The van der Waals surface area contributed by atoms with Crippen molar-refractivity contribution in [2.24, 2.45) is 11.8 Å². The highest BCUT2D eigenvalue weighted by Crippen LogP contribution is 2.40. The highest BCUT2D eigenvalue weighted by molar-refractivity contribution is 6.99. The van der Waals surface area contributed by atoms with E-state index in [0.29, 0.717) is 19.3 Å². The highest BCUT2D eigenvalue weighted by Gasteiger charge is 2.55. The third-order valence-corrected chi connectivity index (χ3v) is 15.0. The largest absolute Gasteiger partial charge is 0.467 e. The summed E-state index contributed by atoms with van der Waals surface area (Å²) in [5.74, 6) is -1.86. The molecule has 13 heteroatoms. The first-order valence-electron chi connectivity index (χ1n) is 18.3. The fourth-order valence-electron chi connectivity index (χ4n) is 7.09. The molecule has 0 aromatic heterocycles. The van der Waals surface area contributed by atoms with Crippen LogP contribution in [-0.4, -0.2) is 106 Å². The molecule has 8 atom stereocenters. The second-order valence-electron chi connectivity index (χ2n) is 15.4. The zero-order chi connectivity index (χ0) is 38.2. The van der Waals surface area contributed by atoms with Crippen LogP contribution < -0.4 is 21.0 Å². The van der Waals surface area contributed by atoms with E-state index in [1.165, 1.54) is 7.11 Å². The standard InChI is InChI=1S/C39H58N2O10Si/c1-24(2)36(45)40-28-20-15-21-29(34(28)51-52(39(5,6)7,26-16-11-9-12-17-26)27-18-13-10-14-19-27)49-38-32(41-37(46)25(3)4)35(48-23-31(43)47-8)33(44)30(22-42)50-38/h9-14,16-19,24-25,28-30,32-35,38,42,44H,15,20-23H2,1-8H3,(H,40,45)(H,41,46)/t28-,29+,30?,32?,33-,34+,35-,38-/m1/s1. The van der Waals surface area contributed by atoms with Crippen molar-refractivity contribution in [2.75, 3.05) is 20.3 Å². The minimum absolute atomic E-state index is 0.113. The number of hydrogen-bond donors (Lipinski definition) is 4. The number of carbonyl (C=O) groups is 3. The van der Waals surface area contributed by atoms with Gasteiger partial charge in [-0.15, -0.1) is 0 Å². The maximum atomic E-state index is 13.3. The number of methoxy groups -OCH3 is 1. The lowest BCUT2D eigenvalue weighted by molar-refractivity contribution is -0.296. The minimum Gasteiger partial charge on any atom is -0.467 e. The van der Waals surface area contributed by atoms with Crippen LogP contribution in [0.5, 0.6) is 0 Å². The Labute approximate surface area is 309 Å². The van der Waals surface area contributed by atoms with Gasteiger partial charge in [0.2, 0.25) is 11.8 Å². The van der Waals surface area contributed by atoms with E-state index in [2.05, 4.69) is 55.7 Å². The molecule has 2 aliphatic rings. The lowest BCUT2D eigenvalue weighted by Gasteiger charge is -2.51. The fourth-order valence-corrected chi connectivity index (χ4v) is 11.8. The van der Waals surface area contributed by atoms with Crippen LogP contribution in [0.4, 0.5) is 0 Å². The third-order valence-electron chi connectivity index (χ3n) is 9.97. The number of benzene rings is 2. The Bertz CT molecular complexity index is 1410. The van der Waals surface area contributed by atoms with Gasteiger partial charge in [0, 0.05) is 11.8 Å². The zero-order valence-electron chi connectivity index (χ0n) is 31.7. The molecule has 4 N–H and O–H groups in total. The molecule has 0 spiro atoms. The second-order valence-corrected chi connectivity index (χ2v) is 19.6. The summed E-state index contributed by atoms with van der Waals surface area (Å²) < 4.78 is 31.4. The summed E-state index contributed by atoms with van der Waals surface area (Å²) in [5, 5.41) is 29.4. The van der Waals surface area contributed by atoms with Crippen LogP contribution in [0, 0.1) is 11.8 Å². The Balaban J connectivity index is 1.84. The predicted molar refractivity (Wildman–Crippen MR) is 198 cm³/mol. The van der Waals surface area contributed by atoms with E-state index in [1.54, 1.807) is 13.8 Å². The van der Waals surface area contributed by atoms with Gasteiger partial charge in [0.25, 0.3) is 8.32 Å². The summed E-state index contributed by atoms with van der Waals surface area (Å²) in [6.45, 7) is 12.6.